The molecule has 3 rings (SSSR count). The third-order valence-corrected chi connectivity index (χ3v) is 5.65. The molecule has 0 radical (unpaired) electrons. The molecule has 1 unspecified atom stereocenters. The first-order valence-corrected chi connectivity index (χ1v) is 8.54. The molecule has 1 aliphatic carbocycles. The Morgan fingerprint density at radius 2 is 1.52 bits per heavy atom. The lowest BCUT2D eigenvalue weighted by molar-refractivity contribution is -0.187. The fourth-order valence-corrected chi connectivity index (χ4v) is 4.12. The molecule has 23 heavy (non-hydrogen) atoms. The molecule has 0 bridgehead atoms. The molecule has 130 valence electrons. The number of amides is 2. The van der Waals surface area contributed by atoms with Gasteiger partial charge in [0.25, 0.3) is 0 Å². The lowest BCUT2D eigenvalue weighted by Gasteiger charge is -2.40. The minimum absolute atomic E-state index is 0.0245. The monoisotopic (exact) mass is 332 g/mol. The summed E-state index contributed by atoms with van der Waals surface area (Å²) in [5, 5.41) is 0. The number of carbonyl (C=O) groups excluding carboxylic acids is 2. The van der Waals surface area contributed by atoms with Gasteiger partial charge in [0.05, 0.1) is 0 Å². The first-order valence-electron chi connectivity index (χ1n) is 8.54. The van der Waals surface area contributed by atoms with Crippen LogP contribution < -0.4 is 0 Å². The Morgan fingerprint density at radius 1 is 0.870 bits per heavy atom. The number of carbonyl (C=O) groups is 2. The van der Waals surface area contributed by atoms with Crippen molar-refractivity contribution in [3.63, 3.8) is 0 Å². The minimum Gasteiger partial charge on any atom is -0.339 e. The van der Waals surface area contributed by atoms with Crippen LogP contribution in [0.5, 0.6) is 0 Å². The van der Waals surface area contributed by atoms with Gasteiger partial charge in [-0.05, 0) is 44.4 Å². The third kappa shape index (κ3) is 3.33. The Labute approximate surface area is 134 Å². The van der Waals surface area contributed by atoms with Crippen LogP contribution in [0.3, 0.4) is 0 Å². The fourth-order valence-electron chi connectivity index (χ4n) is 4.12. The highest BCUT2D eigenvalue weighted by molar-refractivity contribution is 5.83. The van der Waals surface area contributed by atoms with E-state index in [9.17, 15) is 22.8 Å². The van der Waals surface area contributed by atoms with Crippen LogP contribution in [0.25, 0.3) is 0 Å². The van der Waals surface area contributed by atoms with E-state index in [4.69, 9.17) is 0 Å². The summed E-state index contributed by atoms with van der Waals surface area (Å²) in [6.45, 7) is 0.828. The molecule has 0 spiro atoms. The van der Waals surface area contributed by atoms with E-state index in [1.54, 1.807) is 0 Å². The predicted molar refractivity (Wildman–Crippen MR) is 77.4 cm³/mol. The summed E-state index contributed by atoms with van der Waals surface area (Å²) in [6.07, 6.45) is 1.56. The van der Waals surface area contributed by atoms with Crippen molar-refractivity contribution in [2.45, 2.75) is 57.2 Å². The highest BCUT2D eigenvalue weighted by Crippen LogP contribution is 2.38. The molecule has 3 aliphatic rings. The van der Waals surface area contributed by atoms with Crippen molar-refractivity contribution < 1.29 is 22.8 Å². The predicted octanol–water partition coefficient (Wildman–Crippen LogP) is 2.58. The van der Waals surface area contributed by atoms with E-state index in [0.29, 0.717) is 24.8 Å². The normalized spacial score (nSPS) is 27.2. The SMILES string of the molecule is O=C(C1CCN(C(=O)C(F)(F)F)CC1)N1CCCC1C1CCC1. The number of alkyl halides is 3. The number of nitrogens with zero attached hydrogens (tertiary/aromatic N) is 2. The standard InChI is InChI=1S/C16H23F3N2O2/c17-16(18,19)15(23)20-9-6-12(7-10-20)14(22)21-8-2-5-13(21)11-3-1-4-11/h11-13H,1-10H2. The molecule has 2 heterocycles. The number of likely N-dealkylation sites (tertiary alicyclic amines) is 2. The van der Waals surface area contributed by atoms with Crippen molar-refractivity contribution in [3.8, 4) is 0 Å². The summed E-state index contributed by atoms with van der Waals surface area (Å²) < 4.78 is 37.4. The summed E-state index contributed by atoms with van der Waals surface area (Å²) in [7, 11) is 0. The van der Waals surface area contributed by atoms with Crippen LogP contribution in [-0.2, 0) is 9.59 Å². The van der Waals surface area contributed by atoms with Crippen molar-refractivity contribution in [1.82, 2.24) is 9.80 Å². The maximum atomic E-state index is 12.7. The van der Waals surface area contributed by atoms with Crippen LogP contribution in [0, 0.1) is 11.8 Å². The molecule has 0 N–H and O–H groups in total. The van der Waals surface area contributed by atoms with E-state index in [1.807, 2.05) is 4.90 Å². The van der Waals surface area contributed by atoms with Gasteiger partial charge in [0, 0.05) is 31.6 Å². The minimum atomic E-state index is -4.82. The second kappa shape index (κ2) is 6.32. The molecule has 3 fully saturated rings. The van der Waals surface area contributed by atoms with E-state index in [-0.39, 0.29) is 24.9 Å². The first kappa shape index (κ1) is 16.6. The van der Waals surface area contributed by atoms with Gasteiger partial charge in [0.15, 0.2) is 0 Å². The summed E-state index contributed by atoms with van der Waals surface area (Å²) in [5.41, 5.74) is 0. The van der Waals surface area contributed by atoms with Crippen molar-refractivity contribution in [2.24, 2.45) is 11.8 Å². The summed E-state index contributed by atoms with van der Waals surface area (Å²) >= 11 is 0. The van der Waals surface area contributed by atoms with E-state index in [0.717, 1.165) is 24.3 Å². The molecule has 1 atom stereocenters. The smallest absolute Gasteiger partial charge is 0.339 e. The first-order chi connectivity index (χ1) is 10.9. The number of halogens is 3. The van der Waals surface area contributed by atoms with Crippen LogP contribution in [0.1, 0.15) is 44.9 Å². The number of rotatable bonds is 2. The lowest BCUT2D eigenvalue weighted by Crippen LogP contribution is -2.50. The maximum Gasteiger partial charge on any atom is 0.471 e. The van der Waals surface area contributed by atoms with Crippen LogP contribution in [-0.4, -0.2) is 53.5 Å². The Hall–Kier alpha value is -1.27. The maximum absolute atomic E-state index is 12.7. The van der Waals surface area contributed by atoms with E-state index >= 15 is 0 Å². The molecule has 0 aromatic carbocycles. The molecule has 2 amide bonds. The zero-order chi connectivity index (χ0) is 16.6. The van der Waals surface area contributed by atoms with Gasteiger partial charge in [-0.15, -0.1) is 0 Å². The molecule has 0 aromatic heterocycles. The Balaban J connectivity index is 1.55. The van der Waals surface area contributed by atoms with Gasteiger partial charge in [-0.3, -0.25) is 9.59 Å². The summed E-state index contributed by atoms with van der Waals surface area (Å²) in [5.74, 6) is -1.29. The average Bonchev–Trinajstić information content (AvgIpc) is 2.92. The average molecular weight is 332 g/mol. The van der Waals surface area contributed by atoms with Crippen molar-refractivity contribution in [3.05, 3.63) is 0 Å². The van der Waals surface area contributed by atoms with Gasteiger partial charge < -0.3 is 9.80 Å². The second-order valence-corrected chi connectivity index (χ2v) is 7.00. The molecule has 4 nitrogen and oxygen atoms in total. The molecule has 7 heteroatoms. The topological polar surface area (TPSA) is 40.6 Å². The van der Waals surface area contributed by atoms with E-state index < -0.39 is 12.1 Å². The zero-order valence-corrected chi connectivity index (χ0v) is 13.1. The Kier molecular flexibility index (Phi) is 4.56. The van der Waals surface area contributed by atoms with Gasteiger partial charge in [-0.2, -0.15) is 13.2 Å². The highest BCUT2D eigenvalue weighted by atomic mass is 19.4. The van der Waals surface area contributed by atoms with Crippen molar-refractivity contribution >= 4 is 11.8 Å². The van der Waals surface area contributed by atoms with Gasteiger partial charge in [0.2, 0.25) is 5.91 Å². The number of piperidine rings is 1. The van der Waals surface area contributed by atoms with Crippen LogP contribution in [0.4, 0.5) is 13.2 Å². The van der Waals surface area contributed by atoms with Crippen LogP contribution in [0.2, 0.25) is 0 Å². The second-order valence-electron chi connectivity index (χ2n) is 7.00. The van der Waals surface area contributed by atoms with Crippen molar-refractivity contribution in [2.75, 3.05) is 19.6 Å². The van der Waals surface area contributed by atoms with Gasteiger partial charge in [0.1, 0.15) is 0 Å². The van der Waals surface area contributed by atoms with Crippen LogP contribution >= 0.6 is 0 Å². The molecule has 2 aliphatic heterocycles. The number of hydrogen-bond acceptors (Lipinski definition) is 2. The molecule has 1 saturated carbocycles. The Morgan fingerprint density at radius 3 is 2.04 bits per heavy atom. The van der Waals surface area contributed by atoms with Crippen LogP contribution in [0.15, 0.2) is 0 Å². The highest BCUT2D eigenvalue weighted by Gasteiger charge is 2.45. The fraction of sp³-hybridized carbons (Fsp3) is 0.875. The molecule has 0 aromatic rings. The van der Waals surface area contributed by atoms with Gasteiger partial charge >= 0.3 is 12.1 Å². The summed E-state index contributed by atoms with van der Waals surface area (Å²) in [6, 6.07) is 0.339. The summed E-state index contributed by atoms with van der Waals surface area (Å²) in [4.78, 5) is 26.8. The van der Waals surface area contributed by atoms with Gasteiger partial charge in [-0.1, -0.05) is 6.42 Å². The number of hydrogen-bond donors (Lipinski definition) is 0. The third-order valence-electron chi connectivity index (χ3n) is 5.65. The quantitative estimate of drug-likeness (QED) is 0.780. The van der Waals surface area contributed by atoms with Gasteiger partial charge in [-0.25, -0.2) is 0 Å². The van der Waals surface area contributed by atoms with E-state index in [2.05, 4.69) is 0 Å². The van der Waals surface area contributed by atoms with Crippen molar-refractivity contribution in [1.29, 1.82) is 0 Å². The lowest BCUT2D eigenvalue weighted by atomic mass is 9.78. The largest absolute Gasteiger partial charge is 0.471 e. The Bertz CT molecular complexity index is 468. The molecule has 2 saturated heterocycles. The molecular formula is C16H23F3N2O2. The molecular weight excluding hydrogens is 309 g/mol. The zero-order valence-electron chi connectivity index (χ0n) is 13.1. The van der Waals surface area contributed by atoms with E-state index in [1.165, 1.54) is 19.3 Å².